The van der Waals surface area contributed by atoms with E-state index in [4.69, 9.17) is 0 Å². The Morgan fingerprint density at radius 3 is 2.74 bits per heavy atom. The molecule has 4 rings (SSSR count). The molecule has 1 aromatic rings. The van der Waals surface area contributed by atoms with Crippen LogP contribution in [0, 0.1) is 5.92 Å². The van der Waals surface area contributed by atoms with Crippen LogP contribution in [-0.2, 0) is 6.54 Å². The Balaban J connectivity index is 1.69. The quantitative estimate of drug-likeness (QED) is 0.897. The molecule has 0 aliphatic carbocycles. The summed E-state index contributed by atoms with van der Waals surface area (Å²) in [5.41, 5.74) is 0.632. The Morgan fingerprint density at radius 2 is 2.09 bits per heavy atom. The van der Waals surface area contributed by atoms with Gasteiger partial charge < -0.3 is 10.2 Å². The third-order valence-corrected chi connectivity index (χ3v) is 6.26. The number of benzene rings is 1. The topological polar surface area (TPSA) is 64.0 Å². The molecule has 5 atom stereocenters. The van der Waals surface area contributed by atoms with Crippen LogP contribution < -0.4 is 0 Å². The zero-order valence-corrected chi connectivity index (χ0v) is 13.4. The van der Waals surface area contributed by atoms with E-state index in [0.717, 1.165) is 25.9 Å². The Kier molecular flexibility index (Phi) is 3.39. The molecule has 2 N–H and O–H groups in total. The standard InChI is InChI=1S/C18H24N2O3/c1-2-18-9-13-8-14(20(18)17(22)23)15(16(18)21)19(11-13)10-12-6-4-3-5-7-12/h3-7,13-16,21H,2,8-11H2,1H3,(H,22,23)/t13-,14?,15?,16-,18+/m0/s1. The molecule has 3 aliphatic heterocycles. The highest BCUT2D eigenvalue weighted by molar-refractivity contribution is 5.68. The van der Waals surface area contributed by atoms with Gasteiger partial charge in [-0.1, -0.05) is 37.3 Å². The summed E-state index contributed by atoms with van der Waals surface area (Å²) in [6.45, 7) is 3.75. The molecule has 0 radical (unpaired) electrons. The Hall–Kier alpha value is -1.59. The molecule has 3 heterocycles. The largest absolute Gasteiger partial charge is 0.465 e. The lowest BCUT2D eigenvalue weighted by Gasteiger charge is -2.49. The molecule has 5 nitrogen and oxygen atoms in total. The minimum Gasteiger partial charge on any atom is -0.465 e. The second kappa shape index (κ2) is 5.21. The summed E-state index contributed by atoms with van der Waals surface area (Å²) < 4.78 is 0. The molecule has 1 amide bonds. The number of likely N-dealkylation sites (tertiary alicyclic amines) is 1. The second-order valence-electron chi connectivity index (χ2n) is 7.33. The molecule has 3 aliphatic rings. The summed E-state index contributed by atoms with van der Waals surface area (Å²) in [5.74, 6) is 0.479. The lowest BCUT2D eigenvalue weighted by atomic mass is 9.79. The number of aliphatic hydroxyl groups is 1. The van der Waals surface area contributed by atoms with E-state index >= 15 is 0 Å². The summed E-state index contributed by atoms with van der Waals surface area (Å²) >= 11 is 0. The van der Waals surface area contributed by atoms with Crippen LogP contribution in [0.5, 0.6) is 0 Å². The normalized spacial score (nSPS) is 39.0. The van der Waals surface area contributed by atoms with Gasteiger partial charge >= 0.3 is 6.09 Å². The number of hydrogen-bond donors (Lipinski definition) is 2. The fourth-order valence-electron chi connectivity index (χ4n) is 5.42. The van der Waals surface area contributed by atoms with Gasteiger partial charge in [0, 0.05) is 13.1 Å². The highest BCUT2D eigenvalue weighted by Gasteiger charge is 2.66. The van der Waals surface area contributed by atoms with Gasteiger partial charge in [-0.25, -0.2) is 4.79 Å². The number of aliphatic hydroxyl groups excluding tert-OH is 1. The number of fused-ring (bicyclic) bond motifs is 2. The molecule has 0 aromatic heterocycles. The third kappa shape index (κ3) is 2.03. The zero-order chi connectivity index (χ0) is 16.2. The molecule has 5 heteroatoms. The van der Waals surface area contributed by atoms with Crippen molar-refractivity contribution in [2.45, 2.75) is 56.5 Å². The maximum Gasteiger partial charge on any atom is 0.408 e. The van der Waals surface area contributed by atoms with E-state index in [1.165, 1.54) is 5.56 Å². The maximum absolute atomic E-state index is 11.9. The predicted molar refractivity (Wildman–Crippen MR) is 86.0 cm³/mol. The number of hydrogen-bond acceptors (Lipinski definition) is 3. The molecule has 0 saturated carbocycles. The second-order valence-corrected chi connectivity index (χ2v) is 7.33. The lowest BCUT2D eigenvalue weighted by molar-refractivity contribution is -0.0197. The van der Waals surface area contributed by atoms with Crippen molar-refractivity contribution in [3.05, 3.63) is 35.9 Å². The first-order chi connectivity index (χ1) is 11.1. The fourth-order valence-corrected chi connectivity index (χ4v) is 5.42. The minimum atomic E-state index is -0.876. The van der Waals surface area contributed by atoms with E-state index in [-0.39, 0.29) is 12.1 Å². The Labute approximate surface area is 136 Å². The average Bonchev–Trinajstić information content (AvgIpc) is 2.63. The first kappa shape index (κ1) is 15.0. The first-order valence-electron chi connectivity index (χ1n) is 8.55. The van der Waals surface area contributed by atoms with Gasteiger partial charge in [0.25, 0.3) is 0 Å². The maximum atomic E-state index is 11.9. The van der Waals surface area contributed by atoms with E-state index < -0.39 is 17.7 Å². The van der Waals surface area contributed by atoms with Crippen LogP contribution in [0.3, 0.4) is 0 Å². The van der Waals surface area contributed by atoms with Crippen LogP contribution in [-0.4, -0.2) is 56.4 Å². The molecule has 23 heavy (non-hydrogen) atoms. The predicted octanol–water partition coefficient (Wildman–Crippen LogP) is 2.15. The van der Waals surface area contributed by atoms with Crippen LogP contribution in [0.25, 0.3) is 0 Å². The highest BCUT2D eigenvalue weighted by Crippen LogP contribution is 2.53. The Morgan fingerprint density at radius 1 is 1.35 bits per heavy atom. The van der Waals surface area contributed by atoms with Crippen molar-refractivity contribution >= 4 is 6.09 Å². The van der Waals surface area contributed by atoms with Crippen LogP contribution in [0.4, 0.5) is 4.79 Å². The van der Waals surface area contributed by atoms with E-state index in [0.29, 0.717) is 12.3 Å². The number of amides is 1. The monoisotopic (exact) mass is 316 g/mol. The van der Waals surface area contributed by atoms with Gasteiger partial charge in [0.15, 0.2) is 0 Å². The molecule has 3 saturated heterocycles. The molecule has 3 fully saturated rings. The SMILES string of the molecule is CC[C@@]12C[C@@H]3CC(C([C@@H]1O)N(Cc1ccccc1)C3)N2C(=O)O. The van der Waals surface area contributed by atoms with Crippen molar-refractivity contribution in [1.82, 2.24) is 9.80 Å². The van der Waals surface area contributed by atoms with Crippen molar-refractivity contribution in [3.63, 3.8) is 0 Å². The van der Waals surface area contributed by atoms with Gasteiger partial charge in [0.1, 0.15) is 0 Å². The minimum absolute atomic E-state index is 0.0707. The van der Waals surface area contributed by atoms with E-state index in [1.807, 2.05) is 25.1 Å². The van der Waals surface area contributed by atoms with Crippen LogP contribution in [0.2, 0.25) is 0 Å². The van der Waals surface area contributed by atoms with Crippen molar-refractivity contribution in [3.8, 4) is 0 Å². The van der Waals surface area contributed by atoms with Gasteiger partial charge in [-0.3, -0.25) is 9.80 Å². The van der Waals surface area contributed by atoms with Gasteiger partial charge in [0.05, 0.1) is 23.7 Å². The number of piperidine rings is 2. The molecule has 124 valence electrons. The van der Waals surface area contributed by atoms with Gasteiger partial charge in [-0.2, -0.15) is 0 Å². The van der Waals surface area contributed by atoms with E-state index in [9.17, 15) is 15.0 Å². The van der Waals surface area contributed by atoms with Crippen molar-refractivity contribution in [2.24, 2.45) is 5.92 Å². The molecular weight excluding hydrogens is 292 g/mol. The van der Waals surface area contributed by atoms with E-state index in [2.05, 4.69) is 17.0 Å². The molecule has 0 spiro atoms. The summed E-state index contributed by atoms with van der Waals surface area (Å²) in [5, 5.41) is 20.8. The average molecular weight is 316 g/mol. The molecule has 1 aromatic carbocycles. The lowest BCUT2D eigenvalue weighted by Crippen LogP contribution is -2.60. The smallest absolute Gasteiger partial charge is 0.408 e. The molecule has 2 unspecified atom stereocenters. The third-order valence-electron chi connectivity index (χ3n) is 6.26. The van der Waals surface area contributed by atoms with Crippen molar-refractivity contribution in [2.75, 3.05) is 6.54 Å². The molecular formula is C18H24N2O3. The number of carboxylic acid groups (broad SMARTS) is 1. The van der Waals surface area contributed by atoms with Crippen LogP contribution >= 0.6 is 0 Å². The van der Waals surface area contributed by atoms with Gasteiger partial charge in [-0.15, -0.1) is 0 Å². The van der Waals surface area contributed by atoms with Gasteiger partial charge in [-0.05, 0) is 30.7 Å². The number of nitrogens with zero attached hydrogens (tertiary/aromatic N) is 2. The van der Waals surface area contributed by atoms with Crippen LogP contribution in [0.1, 0.15) is 31.7 Å². The van der Waals surface area contributed by atoms with Crippen molar-refractivity contribution in [1.29, 1.82) is 0 Å². The summed E-state index contributed by atoms with van der Waals surface area (Å²) in [6, 6.07) is 10.1. The fraction of sp³-hybridized carbons (Fsp3) is 0.611. The Bertz CT molecular complexity index is 608. The highest BCUT2D eigenvalue weighted by atomic mass is 16.4. The van der Waals surface area contributed by atoms with E-state index in [1.54, 1.807) is 4.90 Å². The first-order valence-corrected chi connectivity index (χ1v) is 8.55. The number of rotatable bonds is 3. The van der Waals surface area contributed by atoms with Crippen molar-refractivity contribution < 1.29 is 15.0 Å². The number of carbonyl (C=O) groups is 1. The zero-order valence-electron chi connectivity index (χ0n) is 13.4. The molecule has 3 bridgehead atoms. The van der Waals surface area contributed by atoms with Crippen LogP contribution in [0.15, 0.2) is 30.3 Å². The van der Waals surface area contributed by atoms with Gasteiger partial charge in [0.2, 0.25) is 0 Å². The summed E-state index contributed by atoms with van der Waals surface area (Å²) in [6.07, 6.45) is 0.891. The summed E-state index contributed by atoms with van der Waals surface area (Å²) in [4.78, 5) is 15.8. The summed E-state index contributed by atoms with van der Waals surface area (Å²) in [7, 11) is 0.